The van der Waals surface area contributed by atoms with Gasteiger partial charge in [0.25, 0.3) is 0 Å². The molecular weight excluding hydrogens is 218 g/mol. The monoisotopic (exact) mass is 231 g/mol. The van der Waals surface area contributed by atoms with Crippen LogP contribution in [0, 0.1) is 11.3 Å². The molecule has 0 bridgehead atoms. The number of anilines is 1. The summed E-state index contributed by atoms with van der Waals surface area (Å²) in [5, 5.41) is 13.0. The molecule has 4 heteroatoms. The maximum atomic E-state index is 8.79. The fourth-order valence-corrected chi connectivity index (χ4v) is 2.49. The summed E-state index contributed by atoms with van der Waals surface area (Å²) in [6.07, 6.45) is 0. The van der Waals surface area contributed by atoms with Crippen LogP contribution in [0.2, 0.25) is 0 Å². The Morgan fingerprint density at radius 3 is 2.94 bits per heavy atom. The Balaban J connectivity index is 2.14. The van der Waals surface area contributed by atoms with Crippen molar-refractivity contribution in [3.63, 3.8) is 0 Å². The predicted molar refractivity (Wildman–Crippen MR) is 68.8 cm³/mol. The number of nitrogens with zero attached hydrogens (tertiary/aromatic N) is 2. The van der Waals surface area contributed by atoms with E-state index >= 15 is 0 Å². The van der Waals surface area contributed by atoms with Crippen molar-refractivity contribution in [1.82, 2.24) is 0 Å². The standard InChI is InChI=1S/C12H13N3S/c1-12(2)8-16-11(15-12)14-10-5-3-4-9(6-10)7-13/h3-6H,8H2,1-2H3,(H,14,15). The van der Waals surface area contributed by atoms with Crippen molar-refractivity contribution in [3.05, 3.63) is 29.8 Å². The Labute approximate surface area is 99.6 Å². The lowest BCUT2D eigenvalue weighted by Crippen LogP contribution is -2.15. The fourth-order valence-electron chi connectivity index (χ4n) is 1.44. The molecule has 0 atom stereocenters. The Bertz CT molecular complexity index is 471. The van der Waals surface area contributed by atoms with Crippen LogP contribution in [0.1, 0.15) is 19.4 Å². The molecule has 0 fully saturated rings. The molecule has 0 aromatic heterocycles. The average Bonchev–Trinajstić information content (AvgIpc) is 2.58. The molecule has 0 saturated carbocycles. The topological polar surface area (TPSA) is 48.2 Å². The van der Waals surface area contributed by atoms with Crippen LogP contribution in [0.5, 0.6) is 0 Å². The summed E-state index contributed by atoms with van der Waals surface area (Å²) < 4.78 is 0. The summed E-state index contributed by atoms with van der Waals surface area (Å²) in [5.74, 6) is 0.993. The third-order valence-electron chi connectivity index (χ3n) is 2.21. The van der Waals surface area contributed by atoms with E-state index in [1.807, 2.05) is 18.2 Å². The van der Waals surface area contributed by atoms with Crippen LogP contribution in [0.3, 0.4) is 0 Å². The minimum absolute atomic E-state index is 0.0137. The lowest BCUT2D eigenvalue weighted by Gasteiger charge is -2.09. The van der Waals surface area contributed by atoms with E-state index in [1.54, 1.807) is 17.8 Å². The number of hydrogen-bond acceptors (Lipinski definition) is 4. The maximum Gasteiger partial charge on any atom is 0.161 e. The van der Waals surface area contributed by atoms with Crippen molar-refractivity contribution in [1.29, 1.82) is 5.26 Å². The molecule has 0 unspecified atom stereocenters. The number of benzene rings is 1. The summed E-state index contributed by atoms with van der Waals surface area (Å²) in [4.78, 5) is 4.56. The molecule has 0 saturated heterocycles. The van der Waals surface area contributed by atoms with Gasteiger partial charge >= 0.3 is 0 Å². The van der Waals surface area contributed by atoms with Crippen molar-refractivity contribution in [2.45, 2.75) is 19.4 Å². The predicted octanol–water partition coefficient (Wildman–Crippen LogP) is 2.85. The minimum Gasteiger partial charge on any atom is -0.335 e. The van der Waals surface area contributed by atoms with Gasteiger partial charge in [-0.25, -0.2) is 0 Å². The molecule has 0 spiro atoms. The summed E-state index contributed by atoms with van der Waals surface area (Å²) in [5.41, 5.74) is 1.59. The number of nitrogens with one attached hydrogen (secondary N) is 1. The summed E-state index contributed by atoms with van der Waals surface area (Å²) in [7, 11) is 0. The maximum absolute atomic E-state index is 8.79. The Morgan fingerprint density at radius 2 is 2.31 bits per heavy atom. The van der Waals surface area contributed by atoms with Gasteiger partial charge in [0.1, 0.15) is 0 Å². The fraction of sp³-hybridized carbons (Fsp3) is 0.333. The minimum atomic E-state index is 0.0137. The van der Waals surface area contributed by atoms with Gasteiger partial charge in [-0.3, -0.25) is 4.99 Å². The van der Waals surface area contributed by atoms with Gasteiger partial charge in [0.05, 0.1) is 17.2 Å². The zero-order chi connectivity index (χ0) is 11.6. The second kappa shape index (κ2) is 4.18. The highest BCUT2D eigenvalue weighted by atomic mass is 32.2. The molecular formula is C12H13N3S. The molecule has 1 heterocycles. The van der Waals surface area contributed by atoms with Crippen molar-refractivity contribution in [2.75, 3.05) is 11.1 Å². The quantitative estimate of drug-likeness (QED) is 0.808. The van der Waals surface area contributed by atoms with Gasteiger partial charge in [0.15, 0.2) is 5.17 Å². The van der Waals surface area contributed by atoms with Crippen molar-refractivity contribution in [2.24, 2.45) is 4.99 Å². The summed E-state index contributed by atoms with van der Waals surface area (Å²) in [6, 6.07) is 9.55. The first-order valence-corrected chi connectivity index (χ1v) is 6.07. The first kappa shape index (κ1) is 11.0. The Kier molecular flexibility index (Phi) is 2.88. The normalized spacial score (nSPS) is 17.7. The number of amidine groups is 1. The van der Waals surface area contributed by atoms with Crippen molar-refractivity contribution < 1.29 is 0 Å². The molecule has 16 heavy (non-hydrogen) atoms. The number of thioether (sulfide) groups is 1. The first-order valence-electron chi connectivity index (χ1n) is 5.09. The van der Waals surface area contributed by atoms with E-state index < -0.39 is 0 Å². The SMILES string of the molecule is CC1(C)CSC(Nc2cccc(C#N)c2)=N1. The second-order valence-corrected chi connectivity index (χ2v) is 5.30. The van der Waals surface area contributed by atoms with Crippen LogP contribution in [0.4, 0.5) is 5.69 Å². The van der Waals surface area contributed by atoms with Crippen LogP contribution in [0.25, 0.3) is 0 Å². The Hall–Kier alpha value is -1.47. The van der Waals surface area contributed by atoms with Gasteiger partial charge in [0, 0.05) is 11.4 Å². The lowest BCUT2D eigenvalue weighted by molar-refractivity contribution is 0.605. The van der Waals surface area contributed by atoms with E-state index in [4.69, 9.17) is 5.26 Å². The number of rotatable bonds is 1. The van der Waals surface area contributed by atoms with Crippen LogP contribution in [-0.2, 0) is 0 Å². The largest absolute Gasteiger partial charge is 0.335 e. The zero-order valence-electron chi connectivity index (χ0n) is 9.32. The van der Waals surface area contributed by atoms with Crippen LogP contribution in [-0.4, -0.2) is 16.5 Å². The number of nitriles is 1. The molecule has 1 N–H and O–H groups in total. The third-order valence-corrected chi connectivity index (χ3v) is 3.53. The van der Waals surface area contributed by atoms with Gasteiger partial charge in [-0.2, -0.15) is 5.26 Å². The number of hydrogen-bond donors (Lipinski definition) is 1. The van der Waals surface area contributed by atoms with E-state index in [0.717, 1.165) is 16.6 Å². The summed E-state index contributed by atoms with van der Waals surface area (Å²) in [6.45, 7) is 4.22. The molecule has 1 aromatic carbocycles. The highest BCUT2D eigenvalue weighted by Crippen LogP contribution is 2.27. The van der Waals surface area contributed by atoms with Gasteiger partial charge < -0.3 is 5.32 Å². The molecule has 3 nitrogen and oxygen atoms in total. The van der Waals surface area contributed by atoms with E-state index in [2.05, 4.69) is 30.2 Å². The van der Waals surface area contributed by atoms with Crippen LogP contribution < -0.4 is 5.32 Å². The van der Waals surface area contributed by atoms with E-state index in [-0.39, 0.29) is 5.54 Å². The van der Waals surface area contributed by atoms with Crippen molar-refractivity contribution >= 4 is 22.6 Å². The smallest absolute Gasteiger partial charge is 0.161 e. The molecule has 0 radical (unpaired) electrons. The van der Waals surface area contributed by atoms with Gasteiger partial charge in [0.2, 0.25) is 0 Å². The van der Waals surface area contributed by atoms with Crippen LogP contribution >= 0.6 is 11.8 Å². The van der Waals surface area contributed by atoms with Gasteiger partial charge in [-0.1, -0.05) is 17.8 Å². The lowest BCUT2D eigenvalue weighted by atomic mass is 10.1. The zero-order valence-corrected chi connectivity index (χ0v) is 10.1. The number of aliphatic imine (C=N–C) groups is 1. The van der Waals surface area contributed by atoms with E-state index in [1.165, 1.54) is 0 Å². The molecule has 0 amide bonds. The molecule has 1 aromatic rings. The molecule has 82 valence electrons. The molecule has 2 rings (SSSR count). The molecule has 1 aliphatic heterocycles. The average molecular weight is 231 g/mol. The first-order chi connectivity index (χ1) is 7.59. The molecule has 0 aliphatic carbocycles. The second-order valence-electron chi connectivity index (χ2n) is 4.34. The third kappa shape index (κ3) is 2.56. The van der Waals surface area contributed by atoms with Crippen LogP contribution in [0.15, 0.2) is 29.3 Å². The van der Waals surface area contributed by atoms with Gasteiger partial charge in [-0.05, 0) is 32.0 Å². The van der Waals surface area contributed by atoms with E-state index in [9.17, 15) is 0 Å². The molecule has 1 aliphatic rings. The highest BCUT2D eigenvalue weighted by molar-refractivity contribution is 8.14. The van der Waals surface area contributed by atoms with Gasteiger partial charge in [-0.15, -0.1) is 0 Å². The van der Waals surface area contributed by atoms with E-state index in [0.29, 0.717) is 5.56 Å². The van der Waals surface area contributed by atoms with Crippen molar-refractivity contribution in [3.8, 4) is 6.07 Å². The summed E-state index contributed by atoms with van der Waals surface area (Å²) >= 11 is 1.71. The highest BCUT2D eigenvalue weighted by Gasteiger charge is 2.25. The Morgan fingerprint density at radius 1 is 1.50 bits per heavy atom.